The summed E-state index contributed by atoms with van der Waals surface area (Å²) >= 11 is 5.17. The van der Waals surface area contributed by atoms with Crippen LogP contribution in [0.25, 0.3) is 0 Å². The van der Waals surface area contributed by atoms with Crippen LogP contribution in [-0.4, -0.2) is 49.0 Å². The predicted octanol–water partition coefficient (Wildman–Crippen LogP) is 3.48. The van der Waals surface area contributed by atoms with Gasteiger partial charge in [0.1, 0.15) is 5.75 Å². The first-order valence-corrected chi connectivity index (χ1v) is 9.27. The Morgan fingerprint density at radius 1 is 1.26 bits per heavy atom. The summed E-state index contributed by atoms with van der Waals surface area (Å²) in [6.07, 6.45) is 0. The number of methoxy groups -OCH3 is 1. The molecule has 0 radical (unpaired) electrons. The molecule has 3 rings (SSSR count). The fourth-order valence-corrected chi connectivity index (χ4v) is 3.93. The standard InChI is InChI=1S/C17H19BrN2O2S/c1-22-16-3-2-14(10-15(16)18)17(21)20-7-5-19(6-8-20)11-13-4-9-23-12-13/h2-4,9-10,12H,5-8,11H2,1H3. The first-order valence-electron chi connectivity index (χ1n) is 7.53. The monoisotopic (exact) mass is 394 g/mol. The molecule has 0 spiro atoms. The van der Waals surface area contributed by atoms with Gasteiger partial charge in [-0.2, -0.15) is 11.3 Å². The van der Waals surface area contributed by atoms with Crippen molar-refractivity contribution in [1.82, 2.24) is 9.80 Å². The third kappa shape index (κ3) is 3.94. The maximum Gasteiger partial charge on any atom is 0.253 e. The summed E-state index contributed by atoms with van der Waals surface area (Å²) in [5, 5.41) is 4.29. The Bertz CT molecular complexity index is 667. The second kappa shape index (κ2) is 7.47. The van der Waals surface area contributed by atoms with Crippen LogP contribution in [-0.2, 0) is 6.54 Å². The molecule has 23 heavy (non-hydrogen) atoms. The van der Waals surface area contributed by atoms with Crippen LogP contribution in [0.2, 0.25) is 0 Å². The maximum absolute atomic E-state index is 12.6. The molecular weight excluding hydrogens is 376 g/mol. The Morgan fingerprint density at radius 3 is 2.65 bits per heavy atom. The van der Waals surface area contributed by atoms with Gasteiger partial charge in [0.25, 0.3) is 5.91 Å². The zero-order valence-corrected chi connectivity index (χ0v) is 15.4. The van der Waals surface area contributed by atoms with E-state index in [0.717, 1.165) is 42.9 Å². The smallest absolute Gasteiger partial charge is 0.253 e. The first-order chi connectivity index (χ1) is 11.2. The van der Waals surface area contributed by atoms with Crippen molar-refractivity contribution in [3.63, 3.8) is 0 Å². The molecule has 4 nitrogen and oxygen atoms in total. The number of carbonyl (C=O) groups excluding carboxylic acids is 1. The fourth-order valence-electron chi connectivity index (χ4n) is 2.73. The molecule has 1 aliphatic heterocycles. The van der Waals surface area contributed by atoms with Gasteiger partial charge in [0.15, 0.2) is 0 Å². The summed E-state index contributed by atoms with van der Waals surface area (Å²) in [6, 6.07) is 7.64. The lowest BCUT2D eigenvalue weighted by Crippen LogP contribution is -2.48. The number of thiophene rings is 1. The van der Waals surface area contributed by atoms with E-state index in [0.29, 0.717) is 5.56 Å². The number of hydrogen-bond acceptors (Lipinski definition) is 4. The van der Waals surface area contributed by atoms with Gasteiger partial charge in [-0.05, 0) is 56.5 Å². The molecule has 6 heteroatoms. The number of carbonyl (C=O) groups is 1. The molecule has 2 heterocycles. The Hall–Kier alpha value is -1.37. The number of halogens is 1. The van der Waals surface area contributed by atoms with Gasteiger partial charge in [-0.1, -0.05) is 0 Å². The average Bonchev–Trinajstić information content (AvgIpc) is 3.08. The molecule has 1 aliphatic rings. The number of hydrogen-bond donors (Lipinski definition) is 0. The minimum Gasteiger partial charge on any atom is -0.496 e. The summed E-state index contributed by atoms with van der Waals surface area (Å²) in [6.45, 7) is 4.34. The summed E-state index contributed by atoms with van der Waals surface area (Å²) in [7, 11) is 1.62. The van der Waals surface area contributed by atoms with E-state index in [1.54, 1.807) is 18.4 Å². The molecule has 0 saturated carbocycles. The molecule has 0 atom stereocenters. The number of rotatable bonds is 4. The predicted molar refractivity (Wildman–Crippen MR) is 96.2 cm³/mol. The van der Waals surface area contributed by atoms with Crippen LogP contribution in [0.3, 0.4) is 0 Å². The van der Waals surface area contributed by atoms with E-state index in [2.05, 4.69) is 37.7 Å². The van der Waals surface area contributed by atoms with Gasteiger partial charge >= 0.3 is 0 Å². The molecule has 2 aromatic rings. The molecule has 0 unspecified atom stereocenters. The molecule has 1 aromatic heterocycles. The zero-order valence-electron chi connectivity index (χ0n) is 13.0. The SMILES string of the molecule is COc1ccc(C(=O)N2CCN(Cc3ccsc3)CC2)cc1Br. The van der Waals surface area contributed by atoms with Gasteiger partial charge in [0.05, 0.1) is 11.6 Å². The second-order valence-corrected chi connectivity index (χ2v) is 7.18. The summed E-state index contributed by atoms with van der Waals surface area (Å²) in [4.78, 5) is 17.0. The lowest BCUT2D eigenvalue weighted by Gasteiger charge is -2.34. The number of nitrogens with zero attached hydrogens (tertiary/aromatic N) is 2. The van der Waals surface area contributed by atoms with Gasteiger partial charge in [0.2, 0.25) is 0 Å². The third-order valence-corrected chi connectivity index (χ3v) is 5.40. The van der Waals surface area contributed by atoms with E-state index >= 15 is 0 Å². The minimum atomic E-state index is 0.0866. The van der Waals surface area contributed by atoms with Crippen LogP contribution >= 0.6 is 27.3 Å². The average molecular weight is 395 g/mol. The van der Waals surface area contributed by atoms with Crippen LogP contribution in [0.15, 0.2) is 39.5 Å². The lowest BCUT2D eigenvalue weighted by molar-refractivity contribution is 0.0628. The Morgan fingerprint density at radius 2 is 2.04 bits per heavy atom. The van der Waals surface area contributed by atoms with Crippen molar-refractivity contribution in [2.45, 2.75) is 6.54 Å². The molecule has 0 N–H and O–H groups in total. The van der Waals surface area contributed by atoms with E-state index in [9.17, 15) is 4.79 Å². The highest BCUT2D eigenvalue weighted by Crippen LogP contribution is 2.26. The highest BCUT2D eigenvalue weighted by Gasteiger charge is 2.22. The van der Waals surface area contributed by atoms with Gasteiger partial charge in [-0.15, -0.1) is 0 Å². The van der Waals surface area contributed by atoms with Crippen molar-refractivity contribution in [3.05, 3.63) is 50.6 Å². The summed E-state index contributed by atoms with van der Waals surface area (Å²) in [5.41, 5.74) is 2.05. The van der Waals surface area contributed by atoms with Gasteiger partial charge in [0, 0.05) is 38.3 Å². The van der Waals surface area contributed by atoms with Gasteiger partial charge < -0.3 is 9.64 Å². The van der Waals surface area contributed by atoms with E-state index in [1.165, 1.54) is 5.56 Å². The normalized spacial score (nSPS) is 15.7. The van der Waals surface area contributed by atoms with Crippen molar-refractivity contribution < 1.29 is 9.53 Å². The molecular formula is C17H19BrN2O2S. The molecule has 1 aromatic carbocycles. The van der Waals surface area contributed by atoms with E-state index in [-0.39, 0.29) is 5.91 Å². The van der Waals surface area contributed by atoms with Crippen molar-refractivity contribution in [2.24, 2.45) is 0 Å². The first kappa shape index (κ1) is 16.5. The minimum absolute atomic E-state index is 0.0866. The Kier molecular flexibility index (Phi) is 5.35. The van der Waals surface area contributed by atoms with Crippen molar-refractivity contribution >= 4 is 33.2 Å². The van der Waals surface area contributed by atoms with Crippen LogP contribution in [0.4, 0.5) is 0 Å². The Balaban J connectivity index is 1.58. The van der Waals surface area contributed by atoms with Crippen LogP contribution < -0.4 is 4.74 Å². The summed E-state index contributed by atoms with van der Waals surface area (Å²) in [5.74, 6) is 0.825. The van der Waals surface area contributed by atoms with Gasteiger partial charge in [-0.3, -0.25) is 9.69 Å². The van der Waals surface area contributed by atoms with Crippen molar-refractivity contribution in [3.8, 4) is 5.75 Å². The number of amides is 1. The largest absolute Gasteiger partial charge is 0.496 e. The third-order valence-electron chi connectivity index (χ3n) is 4.04. The molecule has 1 amide bonds. The van der Waals surface area contributed by atoms with Crippen LogP contribution in [0.1, 0.15) is 15.9 Å². The maximum atomic E-state index is 12.6. The van der Waals surface area contributed by atoms with Crippen molar-refractivity contribution in [2.75, 3.05) is 33.3 Å². The second-order valence-electron chi connectivity index (χ2n) is 5.55. The van der Waals surface area contributed by atoms with Gasteiger partial charge in [-0.25, -0.2) is 0 Å². The Labute approximate surface area is 148 Å². The molecule has 1 fully saturated rings. The van der Waals surface area contributed by atoms with Crippen molar-refractivity contribution in [1.29, 1.82) is 0 Å². The number of piperazine rings is 1. The molecule has 122 valence electrons. The van der Waals surface area contributed by atoms with Crippen LogP contribution in [0.5, 0.6) is 5.75 Å². The van der Waals surface area contributed by atoms with E-state index < -0.39 is 0 Å². The number of benzene rings is 1. The van der Waals surface area contributed by atoms with Crippen LogP contribution in [0, 0.1) is 0 Å². The molecule has 0 bridgehead atoms. The zero-order chi connectivity index (χ0) is 16.2. The fraction of sp³-hybridized carbons (Fsp3) is 0.353. The topological polar surface area (TPSA) is 32.8 Å². The summed E-state index contributed by atoms with van der Waals surface area (Å²) < 4.78 is 6.02. The molecule has 1 saturated heterocycles. The van der Waals surface area contributed by atoms with E-state index in [1.807, 2.05) is 23.1 Å². The lowest BCUT2D eigenvalue weighted by atomic mass is 10.1. The highest BCUT2D eigenvalue weighted by molar-refractivity contribution is 9.10. The highest BCUT2D eigenvalue weighted by atomic mass is 79.9. The number of ether oxygens (including phenoxy) is 1. The molecule has 0 aliphatic carbocycles. The van der Waals surface area contributed by atoms with E-state index in [4.69, 9.17) is 4.74 Å². The quantitative estimate of drug-likeness (QED) is 0.795.